The van der Waals surface area contributed by atoms with Crippen LogP contribution in [0.1, 0.15) is 39.5 Å². The highest BCUT2D eigenvalue weighted by atomic mass is 32.1. The normalized spacial score (nSPS) is 32.8. The maximum Gasteiger partial charge on any atom is 0.167 e. The van der Waals surface area contributed by atoms with Crippen molar-refractivity contribution < 1.29 is 5.11 Å². The van der Waals surface area contributed by atoms with Crippen molar-refractivity contribution in [1.29, 1.82) is 0 Å². The molecule has 2 bridgehead atoms. The molecule has 0 heterocycles. The fourth-order valence-electron chi connectivity index (χ4n) is 2.97. The lowest BCUT2D eigenvalue weighted by Gasteiger charge is -2.29. The van der Waals surface area contributed by atoms with Gasteiger partial charge in [0.2, 0.25) is 0 Å². The summed E-state index contributed by atoms with van der Waals surface area (Å²) in [5, 5.41) is 16.4. The summed E-state index contributed by atoms with van der Waals surface area (Å²) >= 11 is 5.29. The summed E-state index contributed by atoms with van der Waals surface area (Å²) in [4.78, 5) is 0. The van der Waals surface area contributed by atoms with Crippen molar-refractivity contribution in [3.05, 3.63) is 0 Å². The molecular weight excluding hydrogens is 220 g/mol. The van der Waals surface area contributed by atoms with Gasteiger partial charge in [-0.25, -0.2) is 0 Å². The van der Waals surface area contributed by atoms with Crippen LogP contribution in [-0.4, -0.2) is 28.4 Å². The molecule has 0 aromatic heterocycles. The molecule has 0 saturated heterocycles. The molecule has 0 unspecified atom stereocenters. The molecular formula is C12H22N2OS. The molecule has 2 fully saturated rings. The minimum Gasteiger partial charge on any atom is -0.394 e. The smallest absolute Gasteiger partial charge is 0.167 e. The van der Waals surface area contributed by atoms with E-state index in [2.05, 4.69) is 10.6 Å². The molecule has 0 radical (unpaired) electrons. The maximum absolute atomic E-state index is 9.16. The minimum atomic E-state index is -0.332. The van der Waals surface area contributed by atoms with Gasteiger partial charge in [-0.05, 0) is 57.2 Å². The van der Waals surface area contributed by atoms with Crippen molar-refractivity contribution in [2.24, 2.45) is 11.8 Å². The van der Waals surface area contributed by atoms with Crippen molar-refractivity contribution >= 4 is 17.3 Å². The van der Waals surface area contributed by atoms with Gasteiger partial charge < -0.3 is 15.7 Å². The summed E-state index contributed by atoms with van der Waals surface area (Å²) in [5.41, 5.74) is -0.332. The van der Waals surface area contributed by atoms with E-state index in [0.717, 1.165) is 11.8 Å². The zero-order valence-electron chi connectivity index (χ0n) is 10.1. The van der Waals surface area contributed by atoms with E-state index in [0.29, 0.717) is 11.2 Å². The predicted molar refractivity (Wildman–Crippen MR) is 69.3 cm³/mol. The molecule has 3 atom stereocenters. The molecule has 2 saturated carbocycles. The van der Waals surface area contributed by atoms with Crippen molar-refractivity contribution in [3.63, 3.8) is 0 Å². The van der Waals surface area contributed by atoms with Crippen LogP contribution < -0.4 is 10.6 Å². The summed E-state index contributed by atoms with van der Waals surface area (Å²) in [6.45, 7) is 3.98. The van der Waals surface area contributed by atoms with Crippen LogP contribution in [0.4, 0.5) is 0 Å². The Kier molecular flexibility index (Phi) is 3.40. The largest absolute Gasteiger partial charge is 0.394 e. The first kappa shape index (κ1) is 12.1. The highest BCUT2D eigenvalue weighted by molar-refractivity contribution is 7.80. The van der Waals surface area contributed by atoms with Crippen LogP contribution >= 0.6 is 12.2 Å². The highest BCUT2D eigenvalue weighted by Crippen LogP contribution is 2.44. The quantitative estimate of drug-likeness (QED) is 0.655. The molecule has 2 aliphatic rings. The van der Waals surface area contributed by atoms with Gasteiger partial charge in [-0.2, -0.15) is 0 Å². The van der Waals surface area contributed by atoms with Gasteiger partial charge in [0, 0.05) is 6.04 Å². The third kappa shape index (κ3) is 2.66. The molecule has 0 aromatic rings. The van der Waals surface area contributed by atoms with Gasteiger partial charge in [-0.3, -0.25) is 0 Å². The average molecular weight is 242 g/mol. The second kappa shape index (κ2) is 4.49. The number of aliphatic hydroxyl groups excluding tert-OH is 1. The number of thiocarbonyl (C=S) groups is 1. The predicted octanol–water partition coefficient (Wildman–Crippen LogP) is 1.41. The third-order valence-corrected chi connectivity index (χ3v) is 4.12. The molecule has 3 N–H and O–H groups in total. The maximum atomic E-state index is 9.16. The zero-order chi connectivity index (χ0) is 11.8. The van der Waals surface area contributed by atoms with Crippen LogP contribution in [0.15, 0.2) is 0 Å². The molecule has 0 spiro atoms. The van der Waals surface area contributed by atoms with Crippen LogP contribution in [0.25, 0.3) is 0 Å². The van der Waals surface area contributed by atoms with Crippen molar-refractivity contribution in [2.75, 3.05) is 6.61 Å². The summed E-state index contributed by atoms with van der Waals surface area (Å²) < 4.78 is 0. The lowest BCUT2D eigenvalue weighted by molar-refractivity contribution is 0.205. The molecule has 16 heavy (non-hydrogen) atoms. The van der Waals surface area contributed by atoms with E-state index in [9.17, 15) is 0 Å². The highest BCUT2D eigenvalue weighted by Gasteiger charge is 2.39. The van der Waals surface area contributed by atoms with E-state index >= 15 is 0 Å². The fraction of sp³-hybridized carbons (Fsp3) is 0.917. The molecule has 4 heteroatoms. The molecule has 92 valence electrons. The number of fused-ring (bicyclic) bond motifs is 2. The molecule has 3 nitrogen and oxygen atoms in total. The number of hydrogen-bond donors (Lipinski definition) is 3. The first-order valence-electron chi connectivity index (χ1n) is 6.20. The zero-order valence-corrected chi connectivity index (χ0v) is 10.9. The van der Waals surface area contributed by atoms with Gasteiger partial charge in [0.05, 0.1) is 12.1 Å². The van der Waals surface area contributed by atoms with Crippen LogP contribution in [-0.2, 0) is 0 Å². The van der Waals surface area contributed by atoms with Crippen molar-refractivity contribution in [1.82, 2.24) is 10.6 Å². The average Bonchev–Trinajstić information content (AvgIpc) is 2.78. The Morgan fingerprint density at radius 2 is 2.12 bits per heavy atom. The van der Waals surface area contributed by atoms with Crippen LogP contribution in [0.2, 0.25) is 0 Å². The molecule has 0 aromatic carbocycles. The molecule has 2 aliphatic carbocycles. The molecule has 2 rings (SSSR count). The number of aliphatic hydroxyl groups is 1. The fourth-order valence-corrected chi connectivity index (χ4v) is 3.40. The Morgan fingerprint density at radius 3 is 2.62 bits per heavy atom. The number of nitrogens with one attached hydrogen (secondary N) is 2. The molecule has 0 aliphatic heterocycles. The monoisotopic (exact) mass is 242 g/mol. The second-order valence-corrected chi connectivity index (χ2v) is 6.33. The summed E-state index contributed by atoms with van der Waals surface area (Å²) in [7, 11) is 0. The Balaban J connectivity index is 1.80. The Bertz CT molecular complexity index is 280. The van der Waals surface area contributed by atoms with E-state index < -0.39 is 0 Å². The van der Waals surface area contributed by atoms with E-state index in [1.165, 1.54) is 25.7 Å². The van der Waals surface area contributed by atoms with Gasteiger partial charge >= 0.3 is 0 Å². The Hall–Kier alpha value is -0.350. The number of hydrogen-bond acceptors (Lipinski definition) is 2. The SMILES string of the molecule is CC(C)(CO)NC(=S)N[C@@H]1C[C@H]2CC[C@H]1C2. The summed E-state index contributed by atoms with van der Waals surface area (Å²) in [5.74, 6) is 1.75. The van der Waals surface area contributed by atoms with Crippen LogP contribution in [0, 0.1) is 11.8 Å². The van der Waals surface area contributed by atoms with Gasteiger partial charge in [-0.15, -0.1) is 0 Å². The Labute approximate surface area is 103 Å². The van der Waals surface area contributed by atoms with E-state index in [1.807, 2.05) is 13.8 Å². The first-order valence-corrected chi connectivity index (χ1v) is 6.60. The molecule has 0 amide bonds. The number of rotatable bonds is 3. The summed E-state index contributed by atoms with van der Waals surface area (Å²) in [6.07, 6.45) is 5.41. The van der Waals surface area contributed by atoms with Gasteiger partial charge in [0.25, 0.3) is 0 Å². The second-order valence-electron chi connectivity index (χ2n) is 5.92. The first-order chi connectivity index (χ1) is 7.50. The van der Waals surface area contributed by atoms with Gasteiger partial charge in [-0.1, -0.05) is 6.42 Å². The van der Waals surface area contributed by atoms with Gasteiger partial charge in [0.1, 0.15) is 0 Å². The van der Waals surface area contributed by atoms with E-state index in [1.54, 1.807) is 0 Å². The van der Waals surface area contributed by atoms with Crippen molar-refractivity contribution in [2.45, 2.75) is 51.1 Å². The van der Waals surface area contributed by atoms with Crippen molar-refractivity contribution in [3.8, 4) is 0 Å². The Morgan fingerprint density at radius 1 is 1.38 bits per heavy atom. The standard InChI is InChI=1S/C12H22N2OS/c1-12(2,7-15)14-11(16)13-10-6-8-3-4-9(10)5-8/h8-10,15H,3-7H2,1-2H3,(H2,13,14,16)/t8-,9-,10+/m0/s1. The van der Waals surface area contributed by atoms with Gasteiger partial charge in [0.15, 0.2) is 5.11 Å². The van der Waals surface area contributed by atoms with E-state index in [-0.39, 0.29) is 12.1 Å². The third-order valence-electron chi connectivity index (χ3n) is 3.90. The summed E-state index contributed by atoms with van der Waals surface area (Å²) in [6, 6.07) is 0.563. The van der Waals surface area contributed by atoms with Crippen LogP contribution in [0.5, 0.6) is 0 Å². The van der Waals surface area contributed by atoms with Crippen LogP contribution in [0.3, 0.4) is 0 Å². The van der Waals surface area contributed by atoms with E-state index in [4.69, 9.17) is 17.3 Å². The lowest BCUT2D eigenvalue weighted by Crippen LogP contribution is -2.53. The topological polar surface area (TPSA) is 44.3 Å². The lowest BCUT2D eigenvalue weighted by atomic mass is 9.95. The minimum absolute atomic E-state index is 0.0888.